The van der Waals surface area contributed by atoms with Crippen molar-refractivity contribution in [3.63, 3.8) is 0 Å². The molecule has 0 fully saturated rings. The van der Waals surface area contributed by atoms with Crippen LogP contribution in [0.25, 0.3) is 44.2 Å². The van der Waals surface area contributed by atoms with E-state index in [4.69, 9.17) is 0 Å². The smallest absolute Gasteiger partial charge is 0.0583 e. The molecule has 0 saturated heterocycles. The van der Waals surface area contributed by atoms with Crippen LogP contribution in [0.4, 0.5) is 22.7 Å². The van der Waals surface area contributed by atoms with Gasteiger partial charge in [-0.15, -0.1) is 0 Å². The van der Waals surface area contributed by atoms with E-state index in [0.29, 0.717) is 0 Å². The van der Waals surface area contributed by atoms with E-state index in [9.17, 15) is 0 Å². The van der Waals surface area contributed by atoms with Crippen LogP contribution in [-0.4, -0.2) is 10.6 Å². The predicted octanol–water partition coefficient (Wildman–Crippen LogP) is 16.1. The molecule has 2 aliphatic heterocycles. The predicted molar refractivity (Wildman–Crippen MR) is 277 cm³/mol. The molecule has 0 spiro atoms. The van der Waals surface area contributed by atoms with E-state index in [1.165, 1.54) is 94.4 Å². The Labute approximate surface area is 388 Å². The van der Waals surface area contributed by atoms with Gasteiger partial charge in [0.1, 0.15) is 0 Å². The molecule has 3 heteroatoms. The van der Waals surface area contributed by atoms with Gasteiger partial charge in [0.25, 0.3) is 0 Å². The van der Waals surface area contributed by atoms with Gasteiger partial charge in [0.05, 0.1) is 22.8 Å². The molecule has 0 amide bonds. The molecular weight excluding hydrogens is 799 g/mol. The van der Waals surface area contributed by atoms with Crippen molar-refractivity contribution in [2.24, 2.45) is 0 Å². The number of aromatic nitrogens is 1. The maximum absolute atomic E-state index is 3.94. The molecular formula is C63H53N3. The molecule has 13 rings (SSSR count). The van der Waals surface area contributed by atoms with Crippen molar-refractivity contribution in [1.29, 1.82) is 0 Å². The van der Waals surface area contributed by atoms with E-state index >= 15 is 0 Å². The fourth-order valence-corrected chi connectivity index (χ4v) is 12.4. The summed E-state index contributed by atoms with van der Waals surface area (Å²) in [5.74, 6) is 0.0890. The molecule has 8 aromatic carbocycles. The molecule has 1 N–H and O–H groups in total. The zero-order valence-corrected chi connectivity index (χ0v) is 38.5. The number of nitrogens with one attached hydrogen (secondary N) is 1. The summed E-state index contributed by atoms with van der Waals surface area (Å²) in [4.78, 5) is 2.43. The first-order valence-electron chi connectivity index (χ1n) is 23.7. The van der Waals surface area contributed by atoms with Gasteiger partial charge in [-0.05, 0) is 122 Å². The Bertz CT molecular complexity index is 3490. The fourth-order valence-electron chi connectivity index (χ4n) is 12.4. The highest BCUT2D eigenvalue weighted by Crippen LogP contribution is 2.57. The van der Waals surface area contributed by atoms with Crippen molar-refractivity contribution in [2.75, 3.05) is 10.2 Å². The summed E-state index contributed by atoms with van der Waals surface area (Å²) in [6, 6.07) is 65.8. The first kappa shape index (κ1) is 39.0. The van der Waals surface area contributed by atoms with Crippen LogP contribution in [0, 0.1) is 0 Å². The summed E-state index contributed by atoms with van der Waals surface area (Å²) in [5.41, 5.74) is 22.9. The molecule has 1 aromatic heterocycles. The minimum absolute atomic E-state index is 0.0650. The highest BCUT2D eigenvalue weighted by atomic mass is 15.1. The summed E-state index contributed by atoms with van der Waals surface area (Å²) < 4.78 is 2.65. The van der Waals surface area contributed by atoms with E-state index in [-0.39, 0.29) is 28.2 Å². The molecule has 66 heavy (non-hydrogen) atoms. The number of allylic oxidation sites excluding steroid dienone is 2. The molecule has 0 bridgehead atoms. The molecule has 2 unspecified atom stereocenters. The average Bonchev–Trinajstić information content (AvgIpc) is 3.79. The Hall–Kier alpha value is -7.36. The number of hydrogen-bond acceptors (Lipinski definition) is 2. The molecule has 4 aliphatic rings. The molecule has 9 aromatic rings. The van der Waals surface area contributed by atoms with E-state index in [2.05, 4.69) is 250 Å². The van der Waals surface area contributed by atoms with E-state index < -0.39 is 0 Å². The van der Waals surface area contributed by atoms with E-state index in [1.807, 2.05) is 0 Å². The van der Waals surface area contributed by atoms with Gasteiger partial charge in [-0.25, -0.2) is 0 Å². The van der Waals surface area contributed by atoms with Crippen molar-refractivity contribution in [3.05, 3.63) is 239 Å². The SMILES string of the molecule is CC1(C)c2ccccc2-c2ccc(C3C=C(c4cc5c6c(c4)c4cc(N(c7ccccc7)c7ccccc7)cc7c4n6-c4c(cccc4C7(C)C)C5(C)C)C=CC3Nc3ccccc3)cc21. The van der Waals surface area contributed by atoms with Gasteiger partial charge < -0.3 is 14.8 Å². The van der Waals surface area contributed by atoms with Gasteiger partial charge in [-0.2, -0.15) is 0 Å². The first-order valence-corrected chi connectivity index (χ1v) is 23.7. The van der Waals surface area contributed by atoms with Crippen molar-refractivity contribution in [3.8, 4) is 16.8 Å². The fraction of sp³-hybridized carbons (Fsp3) is 0.175. The van der Waals surface area contributed by atoms with Crippen molar-refractivity contribution in [2.45, 2.75) is 69.7 Å². The number of nitrogens with zero attached hydrogens (tertiary/aromatic N) is 2. The highest BCUT2D eigenvalue weighted by molar-refractivity contribution is 6.16. The summed E-state index contributed by atoms with van der Waals surface area (Å²) in [5, 5.41) is 6.55. The van der Waals surface area contributed by atoms with Crippen molar-refractivity contribution >= 4 is 50.1 Å². The zero-order chi connectivity index (χ0) is 44.7. The first-order chi connectivity index (χ1) is 32.0. The van der Waals surface area contributed by atoms with Crippen LogP contribution >= 0.6 is 0 Å². The largest absolute Gasteiger partial charge is 0.378 e. The Kier molecular flexibility index (Phi) is 8.18. The number of para-hydroxylation sites is 4. The Morgan fingerprint density at radius 2 is 1.03 bits per heavy atom. The summed E-state index contributed by atoms with van der Waals surface area (Å²) in [6.45, 7) is 14.5. The van der Waals surface area contributed by atoms with Gasteiger partial charge >= 0.3 is 0 Å². The molecule has 3 nitrogen and oxygen atoms in total. The third kappa shape index (κ3) is 5.43. The average molecular weight is 852 g/mol. The summed E-state index contributed by atoms with van der Waals surface area (Å²) in [7, 11) is 0. The lowest BCUT2D eigenvalue weighted by atomic mass is 9.68. The second-order valence-corrected chi connectivity index (χ2v) is 20.6. The molecule has 2 aliphatic carbocycles. The van der Waals surface area contributed by atoms with Crippen molar-refractivity contribution < 1.29 is 0 Å². The van der Waals surface area contributed by atoms with Crippen LogP contribution in [0.5, 0.6) is 0 Å². The second-order valence-electron chi connectivity index (χ2n) is 20.6. The maximum Gasteiger partial charge on any atom is 0.0583 e. The minimum Gasteiger partial charge on any atom is -0.378 e. The van der Waals surface area contributed by atoms with Crippen molar-refractivity contribution in [1.82, 2.24) is 4.57 Å². The molecule has 0 radical (unpaired) electrons. The third-order valence-electron chi connectivity index (χ3n) is 15.8. The number of benzene rings is 8. The Morgan fingerprint density at radius 3 is 1.71 bits per heavy atom. The van der Waals surface area contributed by atoms with Gasteiger partial charge in [-0.3, -0.25) is 0 Å². The van der Waals surface area contributed by atoms with Gasteiger partial charge in [-0.1, -0.05) is 175 Å². The number of hydrogen-bond donors (Lipinski definition) is 1. The van der Waals surface area contributed by atoms with Crippen LogP contribution in [-0.2, 0) is 16.2 Å². The second kappa shape index (κ2) is 13.8. The highest BCUT2D eigenvalue weighted by Gasteiger charge is 2.44. The molecule has 2 atom stereocenters. The topological polar surface area (TPSA) is 20.2 Å². The number of fused-ring (bicyclic) bond motifs is 4. The van der Waals surface area contributed by atoms with Crippen LogP contribution in [0.15, 0.2) is 194 Å². The monoisotopic (exact) mass is 851 g/mol. The van der Waals surface area contributed by atoms with Crippen LogP contribution in [0.1, 0.15) is 92.0 Å². The van der Waals surface area contributed by atoms with E-state index in [0.717, 1.165) is 17.1 Å². The van der Waals surface area contributed by atoms with Gasteiger partial charge in [0.15, 0.2) is 0 Å². The number of anilines is 4. The maximum atomic E-state index is 3.94. The standard InChI is InChI=1S/C63H53N3/c1-61(2)51-26-17-16-25-46(51)47-31-29-40(35-54(47)61)48-33-39(30-32-57(48)64-42-19-10-7-11-20-42)41-34-49-50-37-45(65(43-21-12-8-13-22-43)44-23-14-9-15-24-44)38-56-59(50)66-58(49)55(36-41)62(3,4)52-27-18-28-53(60(52)66)63(56,5)6/h7-38,48,57,64H,1-6H3. The van der Waals surface area contributed by atoms with Crippen LogP contribution in [0.3, 0.4) is 0 Å². The summed E-state index contributed by atoms with van der Waals surface area (Å²) >= 11 is 0. The third-order valence-corrected chi connectivity index (χ3v) is 15.8. The number of rotatable bonds is 7. The lowest BCUT2D eigenvalue weighted by molar-refractivity contribution is 0.593. The van der Waals surface area contributed by atoms with Gasteiger partial charge in [0, 0.05) is 55.7 Å². The Balaban J connectivity index is 1.05. The molecule has 0 saturated carbocycles. The Morgan fingerprint density at radius 1 is 0.470 bits per heavy atom. The van der Waals surface area contributed by atoms with E-state index in [1.54, 1.807) is 0 Å². The summed E-state index contributed by atoms with van der Waals surface area (Å²) in [6.07, 6.45) is 7.34. The van der Waals surface area contributed by atoms with Crippen LogP contribution in [0.2, 0.25) is 0 Å². The lowest BCUT2D eigenvalue weighted by Crippen LogP contribution is -2.33. The zero-order valence-electron chi connectivity index (χ0n) is 38.5. The van der Waals surface area contributed by atoms with Gasteiger partial charge in [0.2, 0.25) is 0 Å². The normalized spacial score (nSPS) is 18.5. The molecule has 3 heterocycles. The van der Waals surface area contributed by atoms with Crippen LogP contribution < -0.4 is 10.2 Å². The molecule has 320 valence electrons. The lowest BCUT2D eigenvalue weighted by Gasteiger charge is -2.42. The minimum atomic E-state index is -0.242. The quantitative estimate of drug-likeness (QED) is 0.172.